The number of hydrogen-bond acceptors (Lipinski definition) is 2. The van der Waals surface area contributed by atoms with Gasteiger partial charge in [-0.25, -0.2) is 0 Å². The van der Waals surface area contributed by atoms with Gasteiger partial charge < -0.3 is 10.1 Å². The average Bonchev–Trinajstić information content (AvgIpc) is 2.47. The summed E-state index contributed by atoms with van der Waals surface area (Å²) in [7, 11) is 1.57. The van der Waals surface area contributed by atoms with Gasteiger partial charge in [-0.2, -0.15) is 0 Å². The van der Waals surface area contributed by atoms with Crippen LogP contribution in [-0.2, 0) is 5.33 Å². The van der Waals surface area contributed by atoms with E-state index in [0.717, 1.165) is 15.4 Å². The Balaban J connectivity index is 2.20. The van der Waals surface area contributed by atoms with Crippen molar-refractivity contribution in [2.24, 2.45) is 0 Å². The smallest absolute Gasteiger partial charge is 0.255 e. The molecule has 20 heavy (non-hydrogen) atoms. The third-order valence-corrected chi connectivity index (χ3v) is 3.92. The molecule has 1 amide bonds. The Morgan fingerprint density at radius 3 is 2.50 bits per heavy atom. The zero-order chi connectivity index (χ0) is 14.5. The maximum atomic E-state index is 12.2. The number of carbonyl (C=O) groups is 1. The van der Waals surface area contributed by atoms with E-state index in [9.17, 15) is 4.79 Å². The molecule has 1 N–H and O–H groups in total. The molecule has 0 heterocycles. The van der Waals surface area contributed by atoms with Gasteiger partial charge in [0.2, 0.25) is 0 Å². The third-order valence-electron chi connectivity index (χ3n) is 2.78. The summed E-state index contributed by atoms with van der Waals surface area (Å²) in [5.41, 5.74) is 2.37. The van der Waals surface area contributed by atoms with Crippen molar-refractivity contribution in [3.8, 4) is 5.75 Å². The van der Waals surface area contributed by atoms with Crippen molar-refractivity contribution >= 4 is 43.5 Å². The molecule has 2 rings (SSSR count). The van der Waals surface area contributed by atoms with Crippen LogP contribution in [0.1, 0.15) is 15.9 Å². The van der Waals surface area contributed by atoms with Crippen LogP contribution in [0.5, 0.6) is 5.75 Å². The van der Waals surface area contributed by atoms with Crippen molar-refractivity contribution in [2.45, 2.75) is 5.33 Å². The fraction of sp³-hybridized carbons (Fsp3) is 0.133. The van der Waals surface area contributed by atoms with Crippen molar-refractivity contribution in [2.75, 3.05) is 12.4 Å². The predicted octanol–water partition coefficient (Wildman–Crippen LogP) is 4.60. The molecule has 0 saturated carbocycles. The number of halogens is 2. The first kappa shape index (κ1) is 15.1. The van der Waals surface area contributed by atoms with Gasteiger partial charge in [0, 0.05) is 15.4 Å². The number of anilines is 1. The second-order valence-electron chi connectivity index (χ2n) is 4.13. The lowest BCUT2D eigenvalue weighted by molar-refractivity contribution is 0.102. The minimum absolute atomic E-state index is 0.164. The summed E-state index contributed by atoms with van der Waals surface area (Å²) in [6.07, 6.45) is 0. The number of ether oxygens (including phenoxy) is 1. The number of nitrogens with one attached hydrogen (secondary N) is 1. The number of carbonyl (C=O) groups excluding carboxylic acids is 1. The Morgan fingerprint density at radius 2 is 1.90 bits per heavy atom. The van der Waals surface area contributed by atoms with Gasteiger partial charge in [0.15, 0.2) is 0 Å². The molecule has 3 nitrogen and oxygen atoms in total. The number of alkyl halides is 1. The second kappa shape index (κ2) is 6.90. The monoisotopic (exact) mass is 397 g/mol. The molecule has 0 radical (unpaired) electrons. The lowest BCUT2D eigenvalue weighted by atomic mass is 10.1. The largest absolute Gasteiger partial charge is 0.495 e. The molecule has 0 aliphatic heterocycles. The van der Waals surface area contributed by atoms with E-state index < -0.39 is 0 Å². The summed E-state index contributed by atoms with van der Waals surface area (Å²) >= 11 is 6.76. The van der Waals surface area contributed by atoms with E-state index >= 15 is 0 Å². The number of methoxy groups -OCH3 is 1. The van der Waals surface area contributed by atoms with Gasteiger partial charge in [-0.1, -0.05) is 44.0 Å². The Bertz CT molecular complexity index is 612. The normalized spacial score (nSPS) is 10.2. The van der Waals surface area contributed by atoms with Gasteiger partial charge in [-0.15, -0.1) is 0 Å². The lowest BCUT2D eigenvalue weighted by Crippen LogP contribution is -2.12. The molecule has 2 aromatic carbocycles. The quantitative estimate of drug-likeness (QED) is 0.764. The van der Waals surface area contributed by atoms with E-state index in [0.29, 0.717) is 17.0 Å². The van der Waals surface area contributed by atoms with Crippen molar-refractivity contribution in [1.29, 1.82) is 0 Å². The van der Waals surface area contributed by atoms with Gasteiger partial charge in [-0.05, 0) is 35.9 Å². The van der Waals surface area contributed by atoms with Crippen LogP contribution in [0.15, 0.2) is 46.9 Å². The van der Waals surface area contributed by atoms with E-state index in [1.54, 1.807) is 25.3 Å². The van der Waals surface area contributed by atoms with E-state index in [1.165, 1.54) is 0 Å². The van der Waals surface area contributed by atoms with Gasteiger partial charge in [0.05, 0.1) is 12.8 Å². The molecule has 0 bridgehead atoms. The highest BCUT2D eigenvalue weighted by Gasteiger charge is 2.10. The Kier molecular flexibility index (Phi) is 5.20. The van der Waals surface area contributed by atoms with Gasteiger partial charge in [0.1, 0.15) is 5.75 Å². The van der Waals surface area contributed by atoms with Crippen LogP contribution in [0.4, 0.5) is 5.69 Å². The summed E-state index contributed by atoms with van der Waals surface area (Å²) in [6, 6.07) is 12.9. The summed E-state index contributed by atoms with van der Waals surface area (Å²) in [4.78, 5) is 12.2. The number of benzene rings is 2. The van der Waals surface area contributed by atoms with Crippen LogP contribution in [0.25, 0.3) is 0 Å². The van der Waals surface area contributed by atoms with Crippen molar-refractivity contribution in [3.63, 3.8) is 0 Å². The van der Waals surface area contributed by atoms with Crippen molar-refractivity contribution < 1.29 is 9.53 Å². The molecule has 0 aliphatic rings. The van der Waals surface area contributed by atoms with Crippen molar-refractivity contribution in [3.05, 3.63) is 58.1 Å². The molecule has 5 heteroatoms. The lowest BCUT2D eigenvalue weighted by Gasteiger charge is -2.10. The molecular weight excluding hydrogens is 386 g/mol. The SMILES string of the molecule is COc1ccc(Br)cc1NC(=O)c1ccc(CBr)cc1. The number of rotatable bonds is 4. The summed E-state index contributed by atoms with van der Waals surface area (Å²) < 4.78 is 6.11. The van der Waals surface area contributed by atoms with Crippen LogP contribution in [-0.4, -0.2) is 13.0 Å². The minimum Gasteiger partial charge on any atom is -0.495 e. The molecule has 0 aromatic heterocycles. The second-order valence-corrected chi connectivity index (χ2v) is 5.61. The zero-order valence-electron chi connectivity index (χ0n) is 10.8. The van der Waals surface area contributed by atoms with Gasteiger partial charge in [-0.3, -0.25) is 4.79 Å². The van der Waals surface area contributed by atoms with E-state index in [4.69, 9.17) is 4.74 Å². The van der Waals surface area contributed by atoms with Gasteiger partial charge in [0.25, 0.3) is 5.91 Å². The van der Waals surface area contributed by atoms with Crippen LogP contribution < -0.4 is 10.1 Å². The predicted molar refractivity (Wildman–Crippen MR) is 87.7 cm³/mol. The van der Waals surface area contributed by atoms with Crippen LogP contribution >= 0.6 is 31.9 Å². The maximum Gasteiger partial charge on any atom is 0.255 e. The molecule has 0 saturated heterocycles. The third kappa shape index (κ3) is 3.61. The van der Waals surface area contributed by atoms with Crippen LogP contribution in [0.3, 0.4) is 0 Å². The maximum absolute atomic E-state index is 12.2. The standard InChI is InChI=1S/C15H13Br2NO2/c1-20-14-7-6-12(17)8-13(14)18-15(19)11-4-2-10(9-16)3-5-11/h2-8H,9H2,1H3,(H,18,19). The summed E-state index contributed by atoms with van der Waals surface area (Å²) in [5.74, 6) is 0.459. The van der Waals surface area contributed by atoms with Gasteiger partial charge >= 0.3 is 0 Å². The molecule has 0 fully saturated rings. The minimum atomic E-state index is -0.164. The highest BCUT2D eigenvalue weighted by molar-refractivity contribution is 9.10. The number of amides is 1. The average molecular weight is 399 g/mol. The Hall–Kier alpha value is -1.33. The molecule has 0 spiro atoms. The highest BCUT2D eigenvalue weighted by atomic mass is 79.9. The summed E-state index contributed by atoms with van der Waals surface area (Å²) in [5, 5.41) is 3.62. The van der Waals surface area contributed by atoms with Crippen molar-refractivity contribution in [1.82, 2.24) is 0 Å². The first-order chi connectivity index (χ1) is 9.63. The van der Waals surface area contributed by atoms with E-state index in [1.807, 2.05) is 24.3 Å². The highest BCUT2D eigenvalue weighted by Crippen LogP contribution is 2.28. The topological polar surface area (TPSA) is 38.3 Å². The fourth-order valence-electron chi connectivity index (χ4n) is 1.72. The molecule has 0 atom stereocenters. The van der Waals surface area contributed by atoms with Crippen LogP contribution in [0.2, 0.25) is 0 Å². The first-order valence-corrected chi connectivity index (χ1v) is 7.85. The molecule has 0 unspecified atom stereocenters. The molecule has 2 aromatic rings. The first-order valence-electron chi connectivity index (χ1n) is 5.94. The number of hydrogen-bond donors (Lipinski definition) is 1. The zero-order valence-corrected chi connectivity index (χ0v) is 14.0. The molecule has 0 aliphatic carbocycles. The van der Waals surface area contributed by atoms with Crippen LogP contribution in [0, 0.1) is 0 Å². The molecular formula is C15H13Br2NO2. The Labute approximate surface area is 134 Å². The summed E-state index contributed by atoms with van der Waals surface area (Å²) in [6.45, 7) is 0. The van der Waals surface area contributed by atoms with E-state index in [-0.39, 0.29) is 5.91 Å². The van der Waals surface area contributed by atoms with E-state index in [2.05, 4.69) is 37.2 Å². The fourth-order valence-corrected chi connectivity index (χ4v) is 2.45. The Morgan fingerprint density at radius 1 is 1.20 bits per heavy atom. The molecule has 104 valence electrons.